The van der Waals surface area contributed by atoms with Gasteiger partial charge in [-0.25, -0.2) is 0 Å². The van der Waals surface area contributed by atoms with Gasteiger partial charge in [0, 0.05) is 18.1 Å². The molecule has 2 heterocycles. The topological polar surface area (TPSA) is 58.8 Å². The van der Waals surface area contributed by atoms with E-state index in [0.29, 0.717) is 31.3 Å². The van der Waals surface area contributed by atoms with E-state index in [-0.39, 0.29) is 36.1 Å². The summed E-state index contributed by atoms with van der Waals surface area (Å²) in [4.78, 5) is 16.6. The number of carbonyl (C=O) groups is 1. The Bertz CT molecular complexity index is 588. The van der Waals surface area contributed by atoms with Crippen molar-refractivity contribution < 1.29 is 9.53 Å². The summed E-state index contributed by atoms with van der Waals surface area (Å²) in [5, 5.41) is 0.651. The molecule has 136 valence electrons. The molecule has 0 saturated carbocycles. The first-order chi connectivity index (χ1) is 10.5. The van der Waals surface area contributed by atoms with E-state index in [2.05, 4.69) is 6.92 Å². The quantitative estimate of drug-likeness (QED) is 0.853. The van der Waals surface area contributed by atoms with Crippen molar-refractivity contribution in [2.45, 2.75) is 13.3 Å². The summed E-state index contributed by atoms with van der Waals surface area (Å²) in [6, 6.07) is 5.52. The van der Waals surface area contributed by atoms with Gasteiger partial charge in [0.15, 0.2) is 0 Å². The summed E-state index contributed by atoms with van der Waals surface area (Å²) < 4.78 is 5.62. The second-order valence-corrected chi connectivity index (χ2v) is 6.90. The fourth-order valence-electron chi connectivity index (χ4n) is 3.08. The Balaban J connectivity index is 0.00000144. The average Bonchev–Trinajstić information content (AvgIpc) is 2.91. The molecule has 24 heavy (non-hydrogen) atoms. The number of halogens is 3. The van der Waals surface area contributed by atoms with Crippen LogP contribution in [0.4, 0.5) is 5.69 Å². The maximum atomic E-state index is 12.6. The van der Waals surface area contributed by atoms with E-state index >= 15 is 0 Å². The van der Waals surface area contributed by atoms with Gasteiger partial charge in [0.05, 0.1) is 18.8 Å². The third kappa shape index (κ3) is 4.39. The number of hydrogen-bond donors (Lipinski definition) is 1. The third-order valence-corrected chi connectivity index (χ3v) is 4.85. The van der Waals surface area contributed by atoms with Gasteiger partial charge in [-0.3, -0.25) is 4.79 Å². The number of fused-ring (bicyclic) bond motifs is 1. The minimum Gasteiger partial charge on any atom is -0.490 e. The van der Waals surface area contributed by atoms with Crippen molar-refractivity contribution in [3.05, 3.63) is 23.2 Å². The predicted octanol–water partition coefficient (Wildman–Crippen LogP) is 2.58. The van der Waals surface area contributed by atoms with Crippen LogP contribution >= 0.6 is 36.4 Å². The summed E-state index contributed by atoms with van der Waals surface area (Å²) in [6.45, 7) is 5.94. The standard InChI is InChI=1S/C16H22ClN3O2.2ClH/c1-16(10-18)4-5-20(11-16)15(21)9-19-6-7-22-14-3-2-12(17)8-13(14)19;;/h2-3,8H,4-7,9-11,18H2,1H3;2*1H. The minimum atomic E-state index is 0. The number of ether oxygens (including phenoxy) is 1. The van der Waals surface area contributed by atoms with Crippen molar-refractivity contribution in [3.63, 3.8) is 0 Å². The number of benzene rings is 1. The van der Waals surface area contributed by atoms with Gasteiger partial charge < -0.3 is 20.3 Å². The highest BCUT2D eigenvalue weighted by atomic mass is 35.5. The van der Waals surface area contributed by atoms with Crippen molar-refractivity contribution in [2.24, 2.45) is 11.1 Å². The van der Waals surface area contributed by atoms with E-state index in [1.54, 1.807) is 6.07 Å². The van der Waals surface area contributed by atoms with E-state index in [0.717, 1.165) is 30.9 Å². The molecule has 1 atom stereocenters. The Labute approximate surface area is 160 Å². The van der Waals surface area contributed by atoms with E-state index in [4.69, 9.17) is 22.1 Å². The third-order valence-electron chi connectivity index (χ3n) is 4.61. The molecular weight excluding hydrogens is 373 g/mol. The molecular formula is C16H24Cl3N3O2. The lowest BCUT2D eigenvalue weighted by Crippen LogP contribution is -2.43. The number of anilines is 1. The summed E-state index contributed by atoms with van der Waals surface area (Å²) in [7, 11) is 0. The molecule has 2 aliphatic heterocycles. The zero-order valence-electron chi connectivity index (χ0n) is 13.7. The highest BCUT2D eigenvalue weighted by Crippen LogP contribution is 2.34. The Morgan fingerprint density at radius 3 is 2.79 bits per heavy atom. The minimum absolute atomic E-state index is 0. The van der Waals surface area contributed by atoms with Crippen LogP contribution in [0.3, 0.4) is 0 Å². The summed E-state index contributed by atoms with van der Waals surface area (Å²) >= 11 is 6.07. The molecule has 1 amide bonds. The van der Waals surface area contributed by atoms with Gasteiger partial charge in [0.1, 0.15) is 12.4 Å². The average molecular weight is 397 g/mol. The molecule has 1 aromatic carbocycles. The van der Waals surface area contributed by atoms with E-state index in [1.165, 1.54) is 0 Å². The van der Waals surface area contributed by atoms with Crippen LogP contribution in [-0.2, 0) is 4.79 Å². The maximum absolute atomic E-state index is 12.6. The molecule has 0 aromatic heterocycles. The van der Waals surface area contributed by atoms with Gasteiger partial charge in [-0.2, -0.15) is 0 Å². The first kappa shape index (κ1) is 21.2. The fraction of sp³-hybridized carbons (Fsp3) is 0.562. The molecule has 0 radical (unpaired) electrons. The Hall–Kier alpha value is -0.880. The lowest BCUT2D eigenvalue weighted by atomic mass is 9.90. The molecule has 1 saturated heterocycles. The molecule has 0 spiro atoms. The fourth-order valence-corrected chi connectivity index (χ4v) is 3.24. The highest BCUT2D eigenvalue weighted by Gasteiger charge is 2.35. The molecule has 0 bridgehead atoms. The number of nitrogens with two attached hydrogens (primary N) is 1. The van der Waals surface area contributed by atoms with Crippen molar-refractivity contribution >= 4 is 48.0 Å². The van der Waals surface area contributed by atoms with Gasteiger partial charge in [0.2, 0.25) is 5.91 Å². The van der Waals surface area contributed by atoms with Crippen molar-refractivity contribution in [3.8, 4) is 5.75 Å². The number of hydrogen-bond acceptors (Lipinski definition) is 4. The lowest BCUT2D eigenvalue weighted by molar-refractivity contribution is -0.129. The second-order valence-electron chi connectivity index (χ2n) is 6.46. The molecule has 1 fully saturated rings. The molecule has 2 N–H and O–H groups in total. The van der Waals surface area contributed by atoms with Crippen LogP contribution in [0.1, 0.15) is 13.3 Å². The van der Waals surface area contributed by atoms with E-state index in [9.17, 15) is 4.79 Å². The smallest absolute Gasteiger partial charge is 0.242 e. The van der Waals surface area contributed by atoms with Crippen LogP contribution in [0, 0.1) is 5.41 Å². The summed E-state index contributed by atoms with van der Waals surface area (Å²) in [6.07, 6.45) is 0.973. The van der Waals surface area contributed by atoms with Crippen molar-refractivity contribution in [2.75, 3.05) is 44.2 Å². The predicted molar refractivity (Wildman–Crippen MR) is 102 cm³/mol. The van der Waals surface area contributed by atoms with E-state index < -0.39 is 0 Å². The van der Waals surface area contributed by atoms with Gasteiger partial charge in [-0.1, -0.05) is 18.5 Å². The van der Waals surface area contributed by atoms with E-state index in [1.807, 2.05) is 21.9 Å². The molecule has 8 heteroatoms. The van der Waals surface area contributed by atoms with Crippen LogP contribution in [-0.4, -0.2) is 50.1 Å². The van der Waals surface area contributed by atoms with Crippen molar-refractivity contribution in [1.82, 2.24) is 4.90 Å². The van der Waals surface area contributed by atoms with Gasteiger partial charge in [-0.05, 0) is 36.6 Å². The molecule has 2 aliphatic rings. The zero-order chi connectivity index (χ0) is 15.7. The summed E-state index contributed by atoms with van der Waals surface area (Å²) in [5.74, 6) is 0.932. The first-order valence-corrected chi connectivity index (χ1v) is 8.04. The molecule has 3 rings (SSSR count). The van der Waals surface area contributed by atoms with Crippen LogP contribution in [0.15, 0.2) is 18.2 Å². The first-order valence-electron chi connectivity index (χ1n) is 7.66. The molecule has 1 unspecified atom stereocenters. The number of nitrogens with zero attached hydrogens (tertiary/aromatic N) is 2. The Morgan fingerprint density at radius 1 is 1.38 bits per heavy atom. The van der Waals surface area contributed by atoms with Gasteiger partial charge in [-0.15, -0.1) is 24.8 Å². The van der Waals surface area contributed by atoms with Crippen LogP contribution in [0.5, 0.6) is 5.75 Å². The van der Waals surface area contributed by atoms with Crippen LogP contribution in [0.25, 0.3) is 0 Å². The van der Waals surface area contributed by atoms with Crippen LogP contribution < -0.4 is 15.4 Å². The monoisotopic (exact) mass is 395 g/mol. The highest BCUT2D eigenvalue weighted by molar-refractivity contribution is 6.31. The van der Waals surface area contributed by atoms with Gasteiger partial charge in [0.25, 0.3) is 0 Å². The second kappa shape index (κ2) is 8.48. The van der Waals surface area contributed by atoms with Crippen molar-refractivity contribution in [1.29, 1.82) is 0 Å². The molecule has 0 aliphatic carbocycles. The molecule has 5 nitrogen and oxygen atoms in total. The Kier molecular flexibility index (Phi) is 7.47. The van der Waals surface area contributed by atoms with Gasteiger partial charge >= 0.3 is 0 Å². The SMILES string of the molecule is CC1(CN)CCN(C(=O)CN2CCOc3ccc(Cl)cc32)C1.Cl.Cl. The zero-order valence-corrected chi connectivity index (χ0v) is 16.1. The molecule has 1 aromatic rings. The lowest BCUT2D eigenvalue weighted by Gasteiger charge is -2.32. The number of carbonyl (C=O) groups excluding carboxylic acids is 1. The Morgan fingerprint density at radius 2 is 2.12 bits per heavy atom. The summed E-state index contributed by atoms with van der Waals surface area (Å²) in [5.41, 5.74) is 6.77. The van der Waals surface area contributed by atoms with Crippen LogP contribution in [0.2, 0.25) is 5.02 Å². The maximum Gasteiger partial charge on any atom is 0.242 e. The number of rotatable bonds is 3. The normalized spacial score (nSPS) is 22.1. The number of likely N-dealkylation sites (tertiary alicyclic amines) is 1. The number of amides is 1. The largest absolute Gasteiger partial charge is 0.490 e.